The van der Waals surface area contributed by atoms with E-state index in [9.17, 15) is 4.79 Å². The Hall–Kier alpha value is -0.450. The number of ketones is 1. The number of hydrogen-bond acceptors (Lipinski definition) is 4. The summed E-state index contributed by atoms with van der Waals surface area (Å²) in [5.41, 5.74) is 0. The Labute approximate surface area is 64.8 Å². The van der Waals surface area contributed by atoms with E-state index in [-0.39, 0.29) is 18.8 Å². The minimum atomic E-state index is -0.917. The molecule has 0 saturated carbocycles. The van der Waals surface area contributed by atoms with E-state index in [1.54, 1.807) is 0 Å². The first-order valence-electron chi connectivity index (χ1n) is 3.66. The van der Waals surface area contributed by atoms with Crippen molar-refractivity contribution in [3.8, 4) is 0 Å². The van der Waals surface area contributed by atoms with Crippen molar-refractivity contribution in [3.63, 3.8) is 0 Å². The summed E-state index contributed by atoms with van der Waals surface area (Å²) in [6.45, 7) is 0.0124. The van der Waals surface area contributed by atoms with Crippen LogP contribution in [-0.4, -0.2) is 41.4 Å². The Balaban J connectivity index is 2.39. The lowest BCUT2D eigenvalue weighted by Crippen LogP contribution is -2.37. The summed E-state index contributed by atoms with van der Waals surface area (Å²) in [6.07, 6.45) is -0.767. The lowest BCUT2D eigenvalue weighted by atomic mass is 10.0. The molecule has 64 valence electrons. The first-order chi connectivity index (χ1) is 5.24. The van der Waals surface area contributed by atoms with Crippen LogP contribution in [0.5, 0.6) is 0 Å². The molecule has 1 saturated heterocycles. The average molecular weight is 160 g/mol. The molecule has 2 atom stereocenters. The van der Waals surface area contributed by atoms with Crippen LogP contribution < -0.4 is 0 Å². The van der Waals surface area contributed by atoms with Crippen molar-refractivity contribution in [1.82, 2.24) is 0 Å². The minimum absolute atomic E-state index is 0.0914. The van der Waals surface area contributed by atoms with Gasteiger partial charge >= 0.3 is 0 Å². The van der Waals surface area contributed by atoms with Gasteiger partial charge in [0.25, 0.3) is 0 Å². The van der Waals surface area contributed by atoms with Crippen molar-refractivity contribution in [2.75, 3.05) is 13.2 Å². The maximum Gasteiger partial charge on any atom is 0.137 e. The average Bonchev–Trinajstić information content (AvgIpc) is 2.03. The van der Waals surface area contributed by atoms with E-state index in [0.29, 0.717) is 13.0 Å². The van der Waals surface area contributed by atoms with Gasteiger partial charge < -0.3 is 14.9 Å². The molecule has 0 aliphatic carbocycles. The van der Waals surface area contributed by atoms with Crippen molar-refractivity contribution in [3.05, 3.63) is 0 Å². The van der Waals surface area contributed by atoms with Gasteiger partial charge in [-0.3, -0.25) is 4.79 Å². The quantitative estimate of drug-likeness (QED) is 0.548. The van der Waals surface area contributed by atoms with E-state index in [4.69, 9.17) is 14.9 Å². The van der Waals surface area contributed by atoms with Crippen LogP contribution in [0, 0.1) is 0 Å². The zero-order chi connectivity index (χ0) is 8.27. The molecule has 0 aromatic carbocycles. The molecule has 1 heterocycles. The Morgan fingerprint density at radius 2 is 2.45 bits per heavy atom. The third kappa shape index (κ3) is 2.25. The SMILES string of the molecule is O=C1CCOC(C(O)CO)C1. The number of aliphatic hydroxyl groups excluding tert-OH is 2. The highest BCUT2D eigenvalue weighted by atomic mass is 16.5. The van der Waals surface area contributed by atoms with Gasteiger partial charge in [-0.2, -0.15) is 0 Å². The summed E-state index contributed by atoms with van der Waals surface area (Å²) < 4.78 is 5.07. The summed E-state index contributed by atoms with van der Waals surface area (Å²) in [4.78, 5) is 10.8. The van der Waals surface area contributed by atoms with Gasteiger partial charge in [0.15, 0.2) is 0 Å². The maximum atomic E-state index is 10.8. The molecule has 2 N–H and O–H groups in total. The number of Topliss-reactive ketones (excluding diaryl/α,β-unsaturated/α-hetero) is 1. The highest BCUT2D eigenvalue weighted by Crippen LogP contribution is 2.12. The Kier molecular flexibility index (Phi) is 2.99. The lowest BCUT2D eigenvalue weighted by molar-refractivity contribution is -0.136. The Morgan fingerprint density at radius 1 is 1.73 bits per heavy atom. The van der Waals surface area contributed by atoms with Crippen LogP contribution in [0.1, 0.15) is 12.8 Å². The van der Waals surface area contributed by atoms with Crippen molar-refractivity contribution in [2.45, 2.75) is 25.0 Å². The van der Waals surface area contributed by atoms with Gasteiger partial charge in [-0.1, -0.05) is 0 Å². The van der Waals surface area contributed by atoms with Gasteiger partial charge in [0.1, 0.15) is 11.9 Å². The van der Waals surface area contributed by atoms with Crippen LogP contribution in [0.15, 0.2) is 0 Å². The van der Waals surface area contributed by atoms with E-state index in [0.717, 1.165) is 0 Å². The predicted octanol–water partition coefficient (Wildman–Crippen LogP) is -0.912. The van der Waals surface area contributed by atoms with Crippen molar-refractivity contribution < 1.29 is 19.7 Å². The molecule has 1 rings (SSSR count). The van der Waals surface area contributed by atoms with E-state index >= 15 is 0 Å². The molecule has 0 bridgehead atoms. The molecule has 4 heteroatoms. The van der Waals surface area contributed by atoms with Crippen LogP contribution in [-0.2, 0) is 9.53 Å². The molecule has 1 aliphatic rings. The molecule has 1 aliphatic heterocycles. The first kappa shape index (κ1) is 8.64. The van der Waals surface area contributed by atoms with Crippen molar-refractivity contribution in [1.29, 1.82) is 0 Å². The fourth-order valence-electron chi connectivity index (χ4n) is 1.07. The second kappa shape index (κ2) is 3.80. The first-order valence-corrected chi connectivity index (χ1v) is 3.66. The van der Waals surface area contributed by atoms with E-state index in [2.05, 4.69) is 0 Å². The molecule has 2 unspecified atom stereocenters. The van der Waals surface area contributed by atoms with Gasteiger partial charge in [-0.15, -0.1) is 0 Å². The number of hydrogen-bond donors (Lipinski definition) is 2. The Morgan fingerprint density at radius 3 is 3.00 bits per heavy atom. The summed E-state index contributed by atoms with van der Waals surface area (Å²) in [5.74, 6) is 0.0914. The second-order valence-electron chi connectivity index (χ2n) is 2.65. The molecule has 0 aromatic rings. The molecule has 1 fully saturated rings. The largest absolute Gasteiger partial charge is 0.394 e. The topological polar surface area (TPSA) is 66.8 Å². The van der Waals surface area contributed by atoms with E-state index < -0.39 is 12.2 Å². The number of ether oxygens (including phenoxy) is 1. The van der Waals surface area contributed by atoms with Gasteiger partial charge in [-0.25, -0.2) is 0 Å². The van der Waals surface area contributed by atoms with Gasteiger partial charge in [0.05, 0.1) is 19.3 Å². The monoisotopic (exact) mass is 160 g/mol. The molecular weight excluding hydrogens is 148 g/mol. The molecule has 0 amide bonds. The third-order valence-electron chi connectivity index (χ3n) is 1.76. The number of rotatable bonds is 2. The van der Waals surface area contributed by atoms with Crippen LogP contribution >= 0.6 is 0 Å². The second-order valence-corrected chi connectivity index (χ2v) is 2.65. The molecular formula is C7H12O4. The van der Waals surface area contributed by atoms with Gasteiger partial charge in [-0.05, 0) is 0 Å². The predicted molar refractivity (Wildman–Crippen MR) is 37.1 cm³/mol. The minimum Gasteiger partial charge on any atom is -0.394 e. The standard InChI is InChI=1S/C7H12O4/c8-4-6(10)7-3-5(9)1-2-11-7/h6-8,10H,1-4H2. The molecule has 4 nitrogen and oxygen atoms in total. The van der Waals surface area contributed by atoms with Crippen LogP contribution in [0.25, 0.3) is 0 Å². The number of carbonyl (C=O) groups excluding carboxylic acids is 1. The normalized spacial score (nSPS) is 28.5. The number of carbonyl (C=O) groups is 1. The molecule has 0 spiro atoms. The van der Waals surface area contributed by atoms with Crippen molar-refractivity contribution in [2.24, 2.45) is 0 Å². The van der Waals surface area contributed by atoms with Crippen LogP contribution in [0.4, 0.5) is 0 Å². The van der Waals surface area contributed by atoms with Crippen molar-refractivity contribution >= 4 is 5.78 Å². The number of aliphatic hydroxyl groups is 2. The van der Waals surface area contributed by atoms with E-state index in [1.165, 1.54) is 0 Å². The van der Waals surface area contributed by atoms with E-state index in [1.807, 2.05) is 0 Å². The van der Waals surface area contributed by atoms with Crippen LogP contribution in [0.3, 0.4) is 0 Å². The molecule has 11 heavy (non-hydrogen) atoms. The van der Waals surface area contributed by atoms with Gasteiger partial charge in [0.2, 0.25) is 0 Å². The zero-order valence-electron chi connectivity index (χ0n) is 6.19. The molecule has 0 aromatic heterocycles. The zero-order valence-corrected chi connectivity index (χ0v) is 6.19. The summed E-state index contributed by atoms with van der Waals surface area (Å²) in [6, 6.07) is 0. The summed E-state index contributed by atoms with van der Waals surface area (Å²) in [7, 11) is 0. The summed E-state index contributed by atoms with van der Waals surface area (Å²) >= 11 is 0. The highest BCUT2D eigenvalue weighted by Gasteiger charge is 2.25. The lowest BCUT2D eigenvalue weighted by Gasteiger charge is -2.24. The summed E-state index contributed by atoms with van der Waals surface area (Å²) in [5, 5.41) is 17.6. The Bertz CT molecular complexity index is 145. The smallest absolute Gasteiger partial charge is 0.137 e. The van der Waals surface area contributed by atoms with Gasteiger partial charge in [0, 0.05) is 12.8 Å². The maximum absolute atomic E-state index is 10.8. The molecule has 0 radical (unpaired) electrons. The highest BCUT2D eigenvalue weighted by molar-refractivity contribution is 5.79. The fourth-order valence-corrected chi connectivity index (χ4v) is 1.07. The third-order valence-corrected chi connectivity index (χ3v) is 1.76. The fraction of sp³-hybridized carbons (Fsp3) is 0.857. The van der Waals surface area contributed by atoms with Crippen LogP contribution in [0.2, 0.25) is 0 Å².